The summed E-state index contributed by atoms with van der Waals surface area (Å²) in [5.41, 5.74) is 0.178. The first-order valence-corrected chi connectivity index (χ1v) is 24.4. The molecule has 2 aliphatic heterocycles. The fraction of sp³-hybridized carbons (Fsp3) is 0.319. The zero-order chi connectivity index (χ0) is 50.9. The molecular formula is C47H48F3N9O10S2. The predicted molar refractivity (Wildman–Crippen MR) is 254 cm³/mol. The summed E-state index contributed by atoms with van der Waals surface area (Å²) in [4.78, 5) is 76.1. The molecule has 5 amide bonds. The molecular weight excluding hydrogens is 972 g/mol. The van der Waals surface area contributed by atoms with Crippen LogP contribution in [0.5, 0.6) is 0 Å². The Morgan fingerprint density at radius 2 is 1.52 bits per heavy atom. The molecule has 2 aliphatic rings. The lowest BCUT2D eigenvalue weighted by Crippen LogP contribution is -2.54. The summed E-state index contributed by atoms with van der Waals surface area (Å²) < 4.78 is 89.5. The van der Waals surface area contributed by atoms with Crippen molar-refractivity contribution in [2.45, 2.75) is 50.0 Å². The van der Waals surface area contributed by atoms with E-state index >= 15 is 4.39 Å². The first kappa shape index (κ1) is 51.6. The van der Waals surface area contributed by atoms with Crippen LogP contribution in [0.2, 0.25) is 0 Å². The zero-order valence-electron chi connectivity index (χ0n) is 38.5. The number of fused-ring (bicyclic) bond motifs is 1. The van der Waals surface area contributed by atoms with Crippen LogP contribution in [0, 0.1) is 17.5 Å². The molecule has 7 rings (SSSR count). The molecule has 4 heterocycles. The van der Waals surface area contributed by atoms with Crippen LogP contribution in [-0.2, 0) is 44.0 Å². The van der Waals surface area contributed by atoms with Crippen LogP contribution in [0.4, 0.5) is 30.5 Å². The van der Waals surface area contributed by atoms with Gasteiger partial charge in [0.15, 0.2) is 10.7 Å². The molecule has 5 aromatic rings. The summed E-state index contributed by atoms with van der Waals surface area (Å²) in [6.45, 7) is 7.52. The van der Waals surface area contributed by atoms with Crippen LogP contribution in [0.15, 0.2) is 84.1 Å². The molecule has 0 aliphatic carbocycles. The van der Waals surface area contributed by atoms with E-state index in [4.69, 9.17) is 19.2 Å². The number of nitrogens with zero attached hydrogens (tertiary/aromatic N) is 4. The van der Waals surface area contributed by atoms with Crippen LogP contribution >= 0.6 is 11.3 Å². The second-order valence-electron chi connectivity index (χ2n) is 16.8. The third-order valence-corrected chi connectivity index (χ3v) is 13.5. The fourth-order valence-electron chi connectivity index (χ4n) is 7.25. The maximum atomic E-state index is 16.2. The molecule has 1 unspecified atom stereocenters. The Bertz CT molecular complexity index is 2970. The highest BCUT2D eigenvalue weighted by atomic mass is 32.2. The summed E-state index contributed by atoms with van der Waals surface area (Å²) in [5.74, 6) is -6.23. The molecule has 2 aromatic heterocycles. The normalized spacial score (nSPS) is 15.0. The number of thiazole rings is 1. The first-order chi connectivity index (χ1) is 33.9. The van der Waals surface area contributed by atoms with Gasteiger partial charge in [-0.2, -0.15) is 0 Å². The number of hydrogen-bond acceptors (Lipinski definition) is 16. The van der Waals surface area contributed by atoms with Crippen LogP contribution in [0.1, 0.15) is 59.3 Å². The molecule has 5 N–H and O–H groups in total. The topological polar surface area (TPSA) is 249 Å². The van der Waals surface area contributed by atoms with Gasteiger partial charge in [-0.3, -0.25) is 38.9 Å². The van der Waals surface area contributed by atoms with Crippen molar-refractivity contribution in [3.63, 3.8) is 0 Å². The Hall–Kier alpha value is -7.28. The molecule has 0 saturated carbocycles. The van der Waals surface area contributed by atoms with Gasteiger partial charge in [-0.05, 0) is 48.9 Å². The molecule has 24 heteroatoms. The van der Waals surface area contributed by atoms with E-state index in [-0.39, 0.29) is 93.8 Å². The van der Waals surface area contributed by atoms with Crippen molar-refractivity contribution >= 4 is 68.2 Å². The monoisotopic (exact) mass is 1020 g/mol. The molecule has 1 atom stereocenters. The van der Waals surface area contributed by atoms with Crippen molar-refractivity contribution in [1.82, 2.24) is 30.5 Å². The summed E-state index contributed by atoms with van der Waals surface area (Å²) in [6.07, 6.45) is 4.03. The van der Waals surface area contributed by atoms with Crippen LogP contribution in [0.25, 0.3) is 21.8 Å². The molecule has 3 aromatic carbocycles. The number of benzene rings is 3. The van der Waals surface area contributed by atoms with Gasteiger partial charge < -0.3 is 30.2 Å². The van der Waals surface area contributed by atoms with Crippen molar-refractivity contribution < 1.29 is 59.8 Å². The van der Waals surface area contributed by atoms with Gasteiger partial charge in [-0.15, -0.1) is 11.3 Å². The van der Waals surface area contributed by atoms with E-state index in [2.05, 4.69) is 31.2 Å². The zero-order valence-corrected chi connectivity index (χ0v) is 40.1. The van der Waals surface area contributed by atoms with Gasteiger partial charge in [0.05, 0.1) is 70.8 Å². The lowest BCUT2D eigenvalue weighted by Gasteiger charge is -2.27. The lowest BCUT2D eigenvalue weighted by atomic mass is 9.98. The van der Waals surface area contributed by atoms with E-state index in [0.717, 1.165) is 29.2 Å². The quantitative estimate of drug-likeness (QED) is 0.0253. The summed E-state index contributed by atoms with van der Waals surface area (Å²) in [5, 5.41) is 11.6. The van der Waals surface area contributed by atoms with Crippen molar-refractivity contribution in [3.8, 4) is 21.8 Å². The smallest absolute Gasteiger partial charge is 0.267 e. The van der Waals surface area contributed by atoms with Crippen LogP contribution in [0.3, 0.4) is 0 Å². The number of rotatable bonds is 22. The minimum atomic E-state index is -4.87. The van der Waals surface area contributed by atoms with Gasteiger partial charge in [0.2, 0.25) is 23.7 Å². The summed E-state index contributed by atoms with van der Waals surface area (Å²) >= 11 is 1.26. The Labute approximate surface area is 409 Å². The van der Waals surface area contributed by atoms with E-state index in [0.29, 0.717) is 21.3 Å². The molecule has 19 nitrogen and oxygen atoms in total. The van der Waals surface area contributed by atoms with Gasteiger partial charge in [0.1, 0.15) is 24.3 Å². The number of halogens is 3. The number of carbonyl (C=O) groups is 5. The predicted octanol–water partition coefficient (Wildman–Crippen LogP) is 5.39. The molecule has 0 spiro atoms. The molecule has 0 bridgehead atoms. The largest absolute Gasteiger partial charge is 0.499 e. The second-order valence-corrected chi connectivity index (χ2v) is 19.4. The maximum absolute atomic E-state index is 16.2. The third kappa shape index (κ3) is 12.4. The highest BCUT2D eigenvalue weighted by molar-refractivity contribution is 7.92. The average molecular weight is 1020 g/mol. The number of sulfonamides is 1. The molecule has 374 valence electrons. The van der Waals surface area contributed by atoms with Crippen molar-refractivity contribution in [3.05, 3.63) is 113 Å². The maximum Gasteiger partial charge on any atom is 0.267 e. The first-order valence-electron chi connectivity index (χ1n) is 22.1. The highest BCUT2D eigenvalue weighted by Crippen LogP contribution is 2.42. The Kier molecular flexibility index (Phi) is 16.4. The van der Waals surface area contributed by atoms with Gasteiger partial charge in [-0.1, -0.05) is 39.0 Å². The van der Waals surface area contributed by atoms with E-state index in [1.54, 1.807) is 18.2 Å². The average Bonchev–Trinajstić information content (AvgIpc) is 3.88. The third-order valence-electron chi connectivity index (χ3n) is 10.6. The number of aromatic nitrogens is 3. The van der Waals surface area contributed by atoms with E-state index in [9.17, 15) is 41.2 Å². The van der Waals surface area contributed by atoms with Crippen molar-refractivity contribution in [2.24, 2.45) is 0 Å². The Morgan fingerprint density at radius 1 is 0.845 bits per heavy atom. The standard InChI is InChI=1S/C47H48F3N9O10S2/c1-47(2,3)45-57-39(28-8-5-12-32(38(28)50)58-71(65,66)41-29(48)9-6-10-30(41)49)40(70-45)33-15-17-53-46(55-33)54-20-24-68-23-19-52-35(60)16-21-67-25-26-69-22-18-51-31-11-4-7-27-37(31)44(64)59(43(27)63)34-13-14-36(61)56-42(34)62/h4-12,15-17,21,34,51,58H,13-14,18-20,22-26H2,1-3H3,(H,52,60)(H,53,54,55)(H,56,61,62). The molecule has 0 radical (unpaired) electrons. The SMILES string of the molecule is CC(C)(C)c1nc(-c2cccc(NS(=O)(=O)c3c(F)cccc3F)c2F)c(-c2ccnc(NCCOCCNC(=O)C=COCCOCCNc3cccc4c3C(=O)N(C3CCC(=O)NC3=O)C4=O)n2)s1. The van der Waals surface area contributed by atoms with E-state index in [1.165, 1.54) is 48.1 Å². The van der Waals surface area contributed by atoms with Gasteiger partial charge in [0, 0.05) is 55.0 Å². The van der Waals surface area contributed by atoms with Crippen LogP contribution in [-0.4, -0.2) is 117 Å². The number of piperidine rings is 1. The summed E-state index contributed by atoms with van der Waals surface area (Å²) in [7, 11) is -4.87. The number of anilines is 3. The number of carbonyl (C=O) groups excluding carboxylic acids is 5. The number of nitrogens with one attached hydrogen (secondary N) is 5. The minimum absolute atomic E-state index is 0.0233. The molecule has 1 saturated heterocycles. The van der Waals surface area contributed by atoms with E-state index in [1.807, 2.05) is 25.5 Å². The summed E-state index contributed by atoms with van der Waals surface area (Å²) in [6, 6.07) is 11.8. The second kappa shape index (κ2) is 22.6. The Balaban J connectivity index is 0.809. The van der Waals surface area contributed by atoms with Gasteiger partial charge >= 0.3 is 0 Å². The number of amides is 5. The van der Waals surface area contributed by atoms with Crippen LogP contribution < -0.4 is 26.0 Å². The molecule has 71 heavy (non-hydrogen) atoms. The van der Waals surface area contributed by atoms with Gasteiger partial charge in [-0.25, -0.2) is 36.5 Å². The highest BCUT2D eigenvalue weighted by Gasteiger charge is 2.45. The van der Waals surface area contributed by atoms with Crippen molar-refractivity contribution in [2.75, 3.05) is 68.0 Å². The number of imide groups is 2. The molecule has 1 fully saturated rings. The number of ether oxygens (including phenoxy) is 3. The van der Waals surface area contributed by atoms with Crippen molar-refractivity contribution in [1.29, 1.82) is 0 Å². The lowest BCUT2D eigenvalue weighted by molar-refractivity contribution is -0.136. The minimum Gasteiger partial charge on any atom is -0.499 e. The fourth-order valence-corrected chi connectivity index (χ4v) is 9.55. The van der Waals surface area contributed by atoms with Gasteiger partial charge in [0.25, 0.3) is 21.8 Å². The number of hydrogen-bond donors (Lipinski definition) is 5. The Morgan fingerprint density at radius 3 is 2.25 bits per heavy atom. The van der Waals surface area contributed by atoms with E-state index < -0.39 is 79.1 Å².